The first kappa shape index (κ1) is 10.4. The summed E-state index contributed by atoms with van der Waals surface area (Å²) in [6.45, 7) is 0.0248. The third kappa shape index (κ3) is 1.95. The van der Waals surface area contributed by atoms with E-state index in [1.54, 1.807) is 0 Å². The molecule has 54 valence electrons. The molecule has 0 unspecified atom stereocenters. The van der Waals surface area contributed by atoms with Crippen LogP contribution in [0.2, 0.25) is 0 Å². The molecule has 0 aromatic rings. The molecule has 1 aliphatic carbocycles. The zero-order valence-electron chi connectivity index (χ0n) is 7.08. The SMILES string of the molecule is O=C(O)[C@@H]1CC[C@@H]1CO.[H-].[Na+]. The second-order valence-corrected chi connectivity index (χ2v) is 2.46. The minimum absolute atomic E-state index is 0. The molecule has 0 heterocycles. The van der Waals surface area contributed by atoms with Gasteiger partial charge in [-0.1, -0.05) is 0 Å². The van der Waals surface area contributed by atoms with Gasteiger partial charge < -0.3 is 11.6 Å². The first-order valence-electron chi connectivity index (χ1n) is 3.09. The zero-order valence-corrected chi connectivity index (χ0v) is 8.08. The molecule has 0 radical (unpaired) electrons. The van der Waals surface area contributed by atoms with Gasteiger partial charge in [-0.05, 0) is 18.8 Å². The van der Waals surface area contributed by atoms with Gasteiger partial charge >= 0.3 is 35.5 Å². The van der Waals surface area contributed by atoms with Crippen molar-refractivity contribution in [2.45, 2.75) is 12.8 Å². The fraction of sp³-hybridized carbons (Fsp3) is 0.833. The third-order valence-corrected chi connectivity index (χ3v) is 1.97. The number of hydrogen-bond donors (Lipinski definition) is 2. The summed E-state index contributed by atoms with van der Waals surface area (Å²) >= 11 is 0. The summed E-state index contributed by atoms with van der Waals surface area (Å²) in [4.78, 5) is 10.2. The van der Waals surface area contributed by atoms with E-state index in [4.69, 9.17) is 10.2 Å². The average Bonchev–Trinajstić information content (AvgIpc) is 1.61. The molecule has 1 rings (SSSR count). The van der Waals surface area contributed by atoms with Crippen LogP contribution in [0.1, 0.15) is 14.3 Å². The van der Waals surface area contributed by atoms with Crippen LogP contribution in [0, 0.1) is 11.8 Å². The van der Waals surface area contributed by atoms with Gasteiger partial charge in [0.25, 0.3) is 0 Å². The maximum Gasteiger partial charge on any atom is 1.00 e. The minimum atomic E-state index is -0.764. The van der Waals surface area contributed by atoms with Crippen LogP contribution in [0.25, 0.3) is 0 Å². The van der Waals surface area contributed by atoms with Crippen molar-refractivity contribution < 1.29 is 46.0 Å². The van der Waals surface area contributed by atoms with E-state index in [1.165, 1.54) is 0 Å². The van der Waals surface area contributed by atoms with Crippen LogP contribution in [0.3, 0.4) is 0 Å². The molecule has 0 amide bonds. The molecule has 0 saturated heterocycles. The molecule has 4 heteroatoms. The molecule has 0 spiro atoms. The second kappa shape index (κ2) is 4.34. The Hall–Kier alpha value is 0.430. The molecular weight excluding hydrogens is 143 g/mol. The predicted octanol–water partition coefficient (Wildman–Crippen LogP) is -2.79. The van der Waals surface area contributed by atoms with Crippen molar-refractivity contribution in [1.29, 1.82) is 0 Å². The van der Waals surface area contributed by atoms with Gasteiger partial charge in [0.1, 0.15) is 0 Å². The maximum atomic E-state index is 10.2. The van der Waals surface area contributed by atoms with Gasteiger partial charge in [-0.2, -0.15) is 0 Å². The van der Waals surface area contributed by atoms with E-state index in [0.29, 0.717) is 0 Å². The fourth-order valence-electron chi connectivity index (χ4n) is 1.11. The number of carbonyl (C=O) groups is 1. The van der Waals surface area contributed by atoms with Crippen LogP contribution in [-0.4, -0.2) is 22.8 Å². The monoisotopic (exact) mass is 154 g/mol. The van der Waals surface area contributed by atoms with Crippen molar-refractivity contribution in [2.75, 3.05) is 6.61 Å². The second-order valence-electron chi connectivity index (χ2n) is 2.46. The molecule has 1 fully saturated rings. The Kier molecular flexibility index (Phi) is 4.52. The van der Waals surface area contributed by atoms with E-state index in [1.807, 2.05) is 0 Å². The quantitative estimate of drug-likeness (QED) is 0.423. The van der Waals surface area contributed by atoms with Crippen LogP contribution in [0.15, 0.2) is 0 Å². The molecule has 0 aromatic heterocycles. The molecule has 10 heavy (non-hydrogen) atoms. The van der Waals surface area contributed by atoms with E-state index in [0.717, 1.165) is 12.8 Å². The number of aliphatic carboxylic acids is 1. The molecule has 3 nitrogen and oxygen atoms in total. The molecule has 1 saturated carbocycles. The third-order valence-electron chi connectivity index (χ3n) is 1.97. The summed E-state index contributed by atoms with van der Waals surface area (Å²) in [7, 11) is 0. The standard InChI is InChI=1S/C6H10O3.Na.H/c7-3-4-1-2-5(4)6(8)9;;/h4-5,7H,1-3H2,(H,8,9);;/q;+1;-1/t4-,5-;;/m1../s1. The van der Waals surface area contributed by atoms with Gasteiger partial charge in [-0.15, -0.1) is 0 Å². The Morgan fingerprint density at radius 3 is 2.30 bits per heavy atom. The summed E-state index contributed by atoms with van der Waals surface area (Å²) < 4.78 is 0. The Bertz CT molecular complexity index is 129. The molecule has 1 aliphatic rings. The van der Waals surface area contributed by atoms with Gasteiger partial charge in [0.05, 0.1) is 5.92 Å². The van der Waals surface area contributed by atoms with Crippen molar-refractivity contribution in [3.63, 3.8) is 0 Å². The topological polar surface area (TPSA) is 57.5 Å². The maximum absolute atomic E-state index is 10.2. The average molecular weight is 154 g/mol. The van der Waals surface area contributed by atoms with Crippen LogP contribution < -0.4 is 29.6 Å². The number of carboxylic acid groups (broad SMARTS) is 1. The van der Waals surface area contributed by atoms with Gasteiger partial charge in [-0.25, -0.2) is 0 Å². The van der Waals surface area contributed by atoms with Crippen LogP contribution >= 0.6 is 0 Å². The summed E-state index contributed by atoms with van der Waals surface area (Å²) in [6.07, 6.45) is 1.61. The Labute approximate surface area is 83.2 Å². The Balaban J connectivity index is 0. The van der Waals surface area contributed by atoms with Crippen LogP contribution in [0.5, 0.6) is 0 Å². The normalized spacial score (nSPS) is 30.1. The molecule has 0 bridgehead atoms. The van der Waals surface area contributed by atoms with E-state index in [2.05, 4.69) is 0 Å². The fourth-order valence-corrected chi connectivity index (χ4v) is 1.11. The van der Waals surface area contributed by atoms with E-state index < -0.39 is 5.97 Å². The summed E-state index contributed by atoms with van der Waals surface area (Å²) in [5.74, 6) is -1.00. The molecule has 0 aromatic carbocycles. The largest absolute Gasteiger partial charge is 1.00 e. The van der Waals surface area contributed by atoms with Gasteiger partial charge in [0.2, 0.25) is 0 Å². The molecule has 2 atom stereocenters. The van der Waals surface area contributed by atoms with Gasteiger partial charge in [0, 0.05) is 6.61 Å². The summed E-state index contributed by atoms with van der Waals surface area (Å²) in [5, 5.41) is 17.0. The number of aliphatic hydroxyl groups excluding tert-OH is 1. The number of carboxylic acids is 1. The van der Waals surface area contributed by atoms with E-state index >= 15 is 0 Å². The molecule has 0 aliphatic heterocycles. The molecule has 2 N–H and O–H groups in total. The van der Waals surface area contributed by atoms with Crippen LogP contribution in [0.4, 0.5) is 0 Å². The number of rotatable bonds is 2. The summed E-state index contributed by atoms with van der Waals surface area (Å²) in [5.41, 5.74) is 0. The zero-order chi connectivity index (χ0) is 6.85. The Morgan fingerprint density at radius 1 is 1.60 bits per heavy atom. The van der Waals surface area contributed by atoms with Crippen molar-refractivity contribution >= 4 is 5.97 Å². The van der Waals surface area contributed by atoms with Crippen LogP contribution in [-0.2, 0) is 4.79 Å². The van der Waals surface area contributed by atoms with Crippen molar-refractivity contribution in [2.24, 2.45) is 11.8 Å². The smallest absolute Gasteiger partial charge is 1.00 e. The predicted molar refractivity (Wildman–Crippen MR) is 32.0 cm³/mol. The van der Waals surface area contributed by atoms with E-state index in [9.17, 15) is 4.79 Å². The van der Waals surface area contributed by atoms with Gasteiger partial charge in [0.15, 0.2) is 0 Å². The van der Waals surface area contributed by atoms with Crippen molar-refractivity contribution in [1.82, 2.24) is 0 Å². The minimum Gasteiger partial charge on any atom is -1.00 e. The first-order valence-corrected chi connectivity index (χ1v) is 3.09. The van der Waals surface area contributed by atoms with Gasteiger partial charge in [-0.3, -0.25) is 4.79 Å². The summed E-state index contributed by atoms with van der Waals surface area (Å²) in [6, 6.07) is 0. The Morgan fingerprint density at radius 2 is 2.20 bits per heavy atom. The van der Waals surface area contributed by atoms with Crippen molar-refractivity contribution in [3.05, 3.63) is 0 Å². The number of aliphatic hydroxyl groups is 1. The first-order chi connectivity index (χ1) is 4.25. The number of hydrogen-bond acceptors (Lipinski definition) is 2. The molecular formula is C6H11NaO3. The van der Waals surface area contributed by atoms with E-state index in [-0.39, 0.29) is 49.4 Å². The van der Waals surface area contributed by atoms with Crippen molar-refractivity contribution in [3.8, 4) is 0 Å².